The third-order valence-electron chi connectivity index (χ3n) is 11.7. The summed E-state index contributed by atoms with van der Waals surface area (Å²) < 4.78 is 2.16. The molecule has 0 unspecified atom stereocenters. The third kappa shape index (κ3) is 5.64. The SMILES string of the molecule is [B]c1c([B])c([B])c(-c2ccccc2-c2c3c([B])c([B])c([B])c([B])c3c(-c3ccc4cc(-n5c(CC)nc6ccccc65)ccc4c3)c3c([B])c([B])c([B])c(O)c23)c(O)c1[B]. The smallest absolute Gasteiger partial charge is 0.118 e. The number of aromatic hydroxyl groups is 2. The average molecular weight is 741 g/mol. The van der Waals surface area contributed by atoms with Crippen LogP contribution < -0.4 is 60.1 Å². The third-order valence-corrected chi connectivity index (χ3v) is 11.7. The molecular formula is C45H21B11N2O2. The van der Waals surface area contributed by atoms with Crippen molar-refractivity contribution in [3.63, 3.8) is 0 Å². The van der Waals surface area contributed by atoms with E-state index in [1.807, 2.05) is 48.5 Å². The summed E-state index contributed by atoms with van der Waals surface area (Å²) in [6.07, 6.45) is 0.739. The summed E-state index contributed by atoms with van der Waals surface area (Å²) >= 11 is 0. The number of para-hydroxylation sites is 2. The molecule has 0 aliphatic heterocycles. The lowest BCUT2D eigenvalue weighted by molar-refractivity contribution is 0.482. The maximum atomic E-state index is 12.2. The van der Waals surface area contributed by atoms with Gasteiger partial charge in [-0.25, -0.2) is 4.98 Å². The molecule has 0 saturated carbocycles. The number of phenolic OH excluding ortho intramolecular Hbond substituents is 2. The van der Waals surface area contributed by atoms with Crippen molar-refractivity contribution in [1.82, 2.24) is 9.55 Å². The number of nitrogens with zero attached hydrogens (tertiary/aromatic N) is 2. The molecule has 9 rings (SSSR count). The molecular weight excluding hydrogens is 719 g/mol. The molecule has 15 heteroatoms. The first-order valence-corrected chi connectivity index (χ1v) is 18.9. The number of fused-ring (bicyclic) bond motifs is 4. The van der Waals surface area contributed by atoms with E-state index in [2.05, 4.69) is 23.6 Å². The topological polar surface area (TPSA) is 58.3 Å². The molecule has 2 N–H and O–H groups in total. The van der Waals surface area contributed by atoms with Crippen LogP contribution >= 0.6 is 0 Å². The summed E-state index contributed by atoms with van der Waals surface area (Å²) in [5.74, 6) is 0.133. The number of imidazole rings is 1. The highest BCUT2D eigenvalue weighted by atomic mass is 16.3. The van der Waals surface area contributed by atoms with Crippen LogP contribution in [-0.2, 0) is 6.42 Å². The van der Waals surface area contributed by atoms with E-state index in [9.17, 15) is 10.2 Å². The maximum absolute atomic E-state index is 12.2. The Morgan fingerprint density at radius 2 is 0.967 bits per heavy atom. The molecule has 0 amide bonds. The highest BCUT2D eigenvalue weighted by Gasteiger charge is 2.28. The monoisotopic (exact) mass is 742 g/mol. The first-order valence-electron chi connectivity index (χ1n) is 18.9. The fourth-order valence-electron chi connectivity index (χ4n) is 8.59. The largest absolute Gasteiger partial charge is 0.508 e. The fourth-order valence-corrected chi connectivity index (χ4v) is 8.59. The van der Waals surface area contributed by atoms with E-state index in [4.69, 9.17) is 91.3 Å². The molecule has 1 aromatic heterocycles. The predicted octanol–water partition coefficient (Wildman–Crippen LogP) is -1.81. The van der Waals surface area contributed by atoms with Gasteiger partial charge in [-0.1, -0.05) is 94.3 Å². The van der Waals surface area contributed by atoms with Gasteiger partial charge in [-0.15, -0.1) is 27.3 Å². The Balaban J connectivity index is 1.42. The van der Waals surface area contributed by atoms with Gasteiger partial charge in [0.1, 0.15) is 104 Å². The molecule has 0 fully saturated rings. The Morgan fingerprint density at radius 3 is 1.63 bits per heavy atom. The second-order valence-corrected chi connectivity index (χ2v) is 14.9. The van der Waals surface area contributed by atoms with Crippen molar-refractivity contribution in [2.45, 2.75) is 13.3 Å². The summed E-state index contributed by atoms with van der Waals surface area (Å²) in [6, 6.07) is 27.0. The number of aromatic nitrogens is 2. The van der Waals surface area contributed by atoms with Crippen molar-refractivity contribution >= 4 is 190 Å². The second kappa shape index (κ2) is 14.5. The van der Waals surface area contributed by atoms with Crippen molar-refractivity contribution in [1.29, 1.82) is 0 Å². The lowest BCUT2D eigenvalue weighted by atomic mass is 9.60. The van der Waals surface area contributed by atoms with Crippen LogP contribution in [0.15, 0.2) is 84.9 Å². The summed E-state index contributed by atoms with van der Waals surface area (Å²) in [5.41, 5.74) is 4.74. The molecule has 0 saturated heterocycles. The van der Waals surface area contributed by atoms with Crippen LogP contribution in [0.2, 0.25) is 0 Å². The van der Waals surface area contributed by atoms with Crippen LogP contribution in [0.25, 0.3) is 82.4 Å². The maximum Gasteiger partial charge on any atom is 0.118 e. The number of aryl methyl sites for hydroxylation is 1. The Hall–Kier alpha value is -5.68. The number of benzene rings is 8. The zero-order chi connectivity index (χ0) is 42.6. The van der Waals surface area contributed by atoms with Crippen LogP contribution in [0.1, 0.15) is 12.7 Å². The lowest BCUT2D eigenvalue weighted by Gasteiger charge is -2.29. The van der Waals surface area contributed by atoms with Crippen molar-refractivity contribution < 1.29 is 10.2 Å². The number of phenols is 2. The van der Waals surface area contributed by atoms with Crippen LogP contribution in [0.5, 0.6) is 11.5 Å². The molecule has 4 nitrogen and oxygen atoms in total. The van der Waals surface area contributed by atoms with Crippen LogP contribution in [0, 0.1) is 0 Å². The van der Waals surface area contributed by atoms with Gasteiger partial charge in [0.25, 0.3) is 0 Å². The summed E-state index contributed by atoms with van der Waals surface area (Å²) in [4.78, 5) is 4.86. The van der Waals surface area contributed by atoms with E-state index < -0.39 is 11.5 Å². The number of rotatable bonds is 5. The molecule has 22 radical (unpaired) electrons. The molecule has 60 heavy (non-hydrogen) atoms. The number of hydrogen-bond donors (Lipinski definition) is 2. The van der Waals surface area contributed by atoms with Crippen molar-refractivity contribution in [2.75, 3.05) is 0 Å². The van der Waals surface area contributed by atoms with Crippen molar-refractivity contribution in [2.24, 2.45) is 0 Å². The van der Waals surface area contributed by atoms with E-state index in [1.165, 1.54) is 0 Å². The van der Waals surface area contributed by atoms with E-state index in [-0.39, 0.29) is 76.6 Å². The van der Waals surface area contributed by atoms with Crippen molar-refractivity contribution in [3.05, 3.63) is 90.8 Å². The van der Waals surface area contributed by atoms with Gasteiger partial charge < -0.3 is 10.2 Å². The predicted molar refractivity (Wildman–Crippen MR) is 262 cm³/mol. The van der Waals surface area contributed by atoms with Gasteiger partial charge in [-0.05, 0) is 79.5 Å². The van der Waals surface area contributed by atoms with Crippen molar-refractivity contribution in [3.8, 4) is 50.6 Å². The molecule has 0 atom stereocenters. The molecule has 256 valence electrons. The Bertz CT molecular complexity index is 3250. The molecule has 9 aromatic rings. The highest BCUT2D eigenvalue weighted by molar-refractivity contribution is 6.69. The average Bonchev–Trinajstić information content (AvgIpc) is 3.65. The summed E-state index contributed by atoms with van der Waals surface area (Å²) in [6.45, 7) is 2.08. The highest BCUT2D eigenvalue weighted by Crippen LogP contribution is 2.47. The van der Waals surface area contributed by atoms with Gasteiger partial charge in [0.15, 0.2) is 0 Å². The molecule has 0 aliphatic carbocycles. The van der Waals surface area contributed by atoms with Gasteiger partial charge >= 0.3 is 0 Å². The van der Waals surface area contributed by atoms with E-state index >= 15 is 0 Å². The molecule has 0 aliphatic rings. The van der Waals surface area contributed by atoms with Gasteiger partial charge in [-0.3, -0.25) is 4.57 Å². The fraction of sp³-hybridized carbons (Fsp3) is 0.0444. The summed E-state index contributed by atoms with van der Waals surface area (Å²) in [5, 5.41) is 26.6. The van der Waals surface area contributed by atoms with Crippen LogP contribution in [0.3, 0.4) is 0 Å². The standard InChI is InChI=1S/C45H21B11N2O2/c1-2-25-57-23-9-5-6-10-24(23)58(25)20-14-13-17-15-19(12-11-18(17)16-20)26-29-31(36(49)39(52)38(51)34(29)47)27(32-30(26)35(48)40(53)42(55)45(32)60)21-7-3-4-8-22(21)28-33(46)37(50)41(54)43(56)44(28)59/h3-16,59-60H,2H2,1H3. The molecule has 1 heterocycles. The quantitative estimate of drug-likeness (QED) is 0.162. The Kier molecular flexibility index (Phi) is 9.61. The normalized spacial score (nSPS) is 11.7. The zero-order valence-corrected chi connectivity index (χ0v) is 32.4. The van der Waals surface area contributed by atoms with Gasteiger partial charge in [0, 0.05) is 28.6 Å². The molecule has 8 aromatic carbocycles. The summed E-state index contributed by atoms with van der Waals surface area (Å²) in [7, 11) is 72.5. The van der Waals surface area contributed by atoms with Crippen LogP contribution in [0.4, 0.5) is 0 Å². The molecule has 0 spiro atoms. The molecule has 0 bridgehead atoms. The van der Waals surface area contributed by atoms with E-state index in [0.29, 0.717) is 38.4 Å². The minimum Gasteiger partial charge on any atom is -0.508 e. The Labute approximate surface area is 362 Å². The van der Waals surface area contributed by atoms with Gasteiger partial charge in [0.05, 0.1) is 11.0 Å². The lowest BCUT2D eigenvalue weighted by Crippen LogP contribution is -2.48. The minimum absolute atomic E-state index is 0.00718. The second-order valence-electron chi connectivity index (χ2n) is 14.9. The van der Waals surface area contributed by atoms with Crippen LogP contribution in [-0.4, -0.2) is 106 Å². The Morgan fingerprint density at radius 1 is 0.467 bits per heavy atom. The van der Waals surface area contributed by atoms with E-state index in [1.54, 1.807) is 24.3 Å². The minimum atomic E-state index is -0.410. The van der Waals surface area contributed by atoms with Gasteiger partial charge in [0.2, 0.25) is 0 Å². The zero-order valence-electron chi connectivity index (χ0n) is 32.4. The number of hydrogen-bond acceptors (Lipinski definition) is 3. The van der Waals surface area contributed by atoms with E-state index in [0.717, 1.165) is 39.7 Å². The van der Waals surface area contributed by atoms with Gasteiger partial charge in [-0.2, -0.15) is 0 Å². The first kappa shape index (κ1) is 39.8. The first-order chi connectivity index (χ1) is 28.7.